The van der Waals surface area contributed by atoms with Crippen molar-refractivity contribution in [3.05, 3.63) is 53.5 Å². The maximum Gasteiger partial charge on any atom is 0.129 e. The van der Waals surface area contributed by atoms with E-state index in [4.69, 9.17) is 9.15 Å². The third-order valence-corrected chi connectivity index (χ3v) is 3.39. The SMILES string of the molecule is Cc1ccc(C(C)NCCCOCc2ccco2)c(O)c1. The molecule has 0 spiro atoms. The number of ether oxygens (including phenoxy) is 1. The summed E-state index contributed by atoms with van der Waals surface area (Å²) in [4.78, 5) is 0. The highest BCUT2D eigenvalue weighted by molar-refractivity contribution is 5.37. The molecule has 114 valence electrons. The lowest BCUT2D eigenvalue weighted by Gasteiger charge is -2.16. The summed E-state index contributed by atoms with van der Waals surface area (Å²) in [7, 11) is 0. The van der Waals surface area contributed by atoms with Crippen LogP contribution in [0.3, 0.4) is 0 Å². The minimum atomic E-state index is 0.121. The lowest BCUT2D eigenvalue weighted by atomic mass is 10.1. The van der Waals surface area contributed by atoms with E-state index in [1.54, 1.807) is 12.3 Å². The fraction of sp³-hybridized carbons (Fsp3) is 0.412. The number of hydrogen-bond acceptors (Lipinski definition) is 4. The quantitative estimate of drug-likeness (QED) is 0.730. The molecule has 0 aliphatic carbocycles. The Morgan fingerprint density at radius 3 is 2.90 bits per heavy atom. The smallest absolute Gasteiger partial charge is 0.129 e. The molecule has 0 amide bonds. The predicted molar refractivity (Wildman–Crippen MR) is 82.2 cm³/mol. The van der Waals surface area contributed by atoms with E-state index in [1.807, 2.05) is 38.1 Å². The summed E-state index contributed by atoms with van der Waals surface area (Å²) < 4.78 is 10.7. The summed E-state index contributed by atoms with van der Waals surface area (Å²) in [5.74, 6) is 1.20. The van der Waals surface area contributed by atoms with E-state index in [9.17, 15) is 5.11 Å². The predicted octanol–water partition coefficient (Wildman–Crippen LogP) is 3.55. The fourth-order valence-electron chi connectivity index (χ4n) is 2.19. The number of aryl methyl sites for hydroxylation is 1. The molecule has 4 heteroatoms. The maximum absolute atomic E-state index is 9.93. The average Bonchev–Trinajstić information content (AvgIpc) is 2.95. The van der Waals surface area contributed by atoms with Crippen molar-refractivity contribution in [2.75, 3.05) is 13.2 Å². The van der Waals surface area contributed by atoms with Crippen LogP contribution in [0.5, 0.6) is 5.75 Å². The third kappa shape index (κ3) is 4.92. The molecule has 1 heterocycles. The van der Waals surface area contributed by atoms with Crippen molar-refractivity contribution in [3.8, 4) is 5.75 Å². The Balaban J connectivity index is 1.63. The van der Waals surface area contributed by atoms with Gasteiger partial charge in [0.2, 0.25) is 0 Å². The molecule has 1 aromatic heterocycles. The molecule has 2 aromatic rings. The first-order chi connectivity index (χ1) is 10.2. The summed E-state index contributed by atoms with van der Waals surface area (Å²) in [6.45, 7) is 6.06. The van der Waals surface area contributed by atoms with Crippen LogP contribution in [0, 0.1) is 6.92 Å². The van der Waals surface area contributed by atoms with Gasteiger partial charge in [-0.3, -0.25) is 0 Å². The highest BCUT2D eigenvalue weighted by atomic mass is 16.5. The molecule has 0 aliphatic rings. The van der Waals surface area contributed by atoms with Gasteiger partial charge in [0.1, 0.15) is 18.1 Å². The van der Waals surface area contributed by atoms with Gasteiger partial charge in [0.15, 0.2) is 0 Å². The third-order valence-electron chi connectivity index (χ3n) is 3.39. The monoisotopic (exact) mass is 289 g/mol. The number of hydrogen-bond donors (Lipinski definition) is 2. The molecular formula is C17H23NO3. The highest BCUT2D eigenvalue weighted by Gasteiger charge is 2.09. The van der Waals surface area contributed by atoms with Crippen molar-refractivity contribution in [1.29, 1.82) is 0 Å². The van der Waals surface area contributed by atoms with E-state index >= 15 is 0 Å². The summed E-state index contributed by atoms with van der Waals surface area (Å²) >= 11 is 0. The zero-order valence-electron chi connectivity index (χ0n) is 12.6. The number of phenols is 1. The van der Waals surface area contributed by atoms with Crippen molar-refractivity contribution in [3.63, 3.8) is 0 Å². The van der Waals surface area contributed by atoms with Crippen molar-refractivity contribution >= 4 is 0 Å². The summed E-state index contributed by atoms with van der Waals surface area (Å²) in [5.41, 5.74) is 1.99. The zero-order valence-corrected chi connectivity index (χ0v) is 12.6. The number of nitrogens with one attached hydrogen (secondary N) is 1. The first-order valence-corrected chi connectivity index (χ1v) is 7.30. The van der Waals surface area contributed by atoms with Gasteiger partial charge in [0.05, 0.1) is 6.26 Å². The second kappa shape index (κ2) is 7.86. The molecule has 2 N–H and O–H groups in total. The first-order valence-electron chi connectivity index (χ1n) is 7.30. The van der Waals surface area contributed by atoms with Gasteiger partial charge in [-0.2, -0.15) is 0 Å². The van der Waals surface area contributed by atoms with E-state index in [2.05, 4.69) is 5.32 Å². The minimum absolute atomic E-state index is 0.121. The van der Waals surface area contributed by atoms with Crippen molar-refractivity contribution in [1.82, 2.24) is 5.32 Å². The number of aromatic hydroxyl groups is 1. The van der Waals surface area contributed by atoms with Gasteiger partial charge in [-0.05, 0) is 50.6 Å². The second-order valence-electron chi connectivity index (χ2n) is 5.22. The lowest BCUT2D eigenvalue weighted by Crippen LogP contribution is -2.21. The molecule has 4 nitrogen and oxygen atoms in total. The molecule has 0 saturated carbocycles. The van der Waals surface area contributed by atoms with Gasteiger partial charge in [-0.15, -0.1) is 0 Å². The minimum Gasteiger partial charge on any atom is -0.508 e. The first kappa shape index (κ1) is 15.6. The van der Waals surface area contributed by atoms with Gasteiger partial charge in [0, 0.05) is 18.2 Å². The number of furan rings is 1. The molecule has 0 saturated heterocycles. The van der Waals surface area contributed by atoms with Crippen molar-refractivity contribution < 1.29 is 14.3 Å². The Bertz CT molecular complexity index is 537. The summed E-state index contributed by atoms with van der Waals surface area (Å²) in [6, 6.07) is 9.65. The number of phenolic OH excluding ortho intramolecular Hbond substituents is 1. The largest absolute Gasteiger partial charge is 0.508 e. The van der Waals surface area contributed by atoms with Crippen LogP contribution in [0.4, 0.5) is 0 Å². The van der Waals surface area contributed by atoms with E-state index in [0.717, 1.165) is 29.9 Å². The average molecular weight is 289 g/mol. The van der Waals surface area contributed by atoms with Crippen LogP contribution < -0.4 is 5.32 Å². The van der Waals surface area contributed by atoms with Crippen LogP contribution in [-0.4, -0.2) is 18.3 Å². The molecule has 0 bridgehead atoms. The molecule has 1 aromatic carbocycles. The molecule has 1 atom stereocenters. The summed E-state index contributed by atoms with van der Waals surface area (Å²) in [5, 5.41) is 13.3. The fourth-order valence-corrected chi connectivity index (χ4v) is 2.19. The van der Waals surface area contributed by atoms with Crippen LogP contribution in [0.1, 0.15) is 36.3 Å². The Morgan fingerprint density at radius 2 is 2.19 bits per heavy atom. The Hall–Kier alpha value is -1.78. The molecular weight excluding hydrogens is 266 g/mol. The Kier molecular flexibility index (Phi) is 5.84. The lowest BCUT2D eigenvalue weighted by molar-refractivity contribution is 0.103. The van der Waals surface area contributed by atoms with Crippen molar-refractivity contribution in [2.24, 2.45) is 0 Å². The van der Waals surface area contributed by atoms with Crippen LogP contribution in [0.15, 0.2) is 41.0 Å². The molecule has 0 aliphatic heterocycles. The van der Waals surface area contributed by atoms with Gasteiger partial charge < -0.3 is 19.6 Å². The molecule has 0 radical (unpaired) electrons. The number of rotatable bonds is 8. The number of benzene rings is 1. The van der Waals surface area contributed by atoms with E-state index < -0.39 is 0 Å². The zero-order chi connectivity index (χ0) is 15.1. The van der Waals surface area contributed by atoms with Gasteiger partial charge >= 0.3 is 0 Å². The van der Waals surface area contributed by atoms with E-state index in [-0.39, 0.29) is 6.04 Å². The standard InChI is InChI=1S/C17H23NO3/c1-13-6-7-16(17(19)11-13)14(2)18-8-4-9-20-12-15-5-3-10-21-15/h3,5-7,10-11,14,18-19H,4,8-9,12H2,1-2H3. The molecule has 2 rings (SSSR count). The highest BCUT2D eigenvalue weighted by Crippen LogP contribution is 2.24. The molecule has 0 fully saturated rings. The topological polar surface area (TPSA) is 54.6 Å². The van der Waals surface area contributed by atoms with Gasteiger partial charge in [-0.25, -0.2) is 0 Å². The second-order valence-corrected chi connectivity index (χ2v) is 5.22. The van der Waals surface area contributed by atoms with Crippen molar-refractivity contribution in [2.45, 2.75) is 32.9 Å². The molecule has 1 unspecified atom stereocenters. The van der Waals surface area contributed by atoms with E-state index in [0.29, 0.717) is 19.0 Å². The van der Waals surface area contributed by atoms with Gasteiger partial charge in [0.25, 0.3) is 0 Å². The van der Waals surface area contributed by atoms with Crippen LogP contribution in [-0.2, 0) is 11.3 Å². The summed E-state index contributed by atoms with van der Waals surface area (Å²) in [6.07, 6.45) is 2.56. The molecule has 21 heavy (non-hydrogen) atoms. The van der Waals surface area contributed by atoms with Gasteiger partial charge in [-0.1, -0.05) is 12.1 Å². The van der Waals surface area contributed by atoms with Crippen LogP contribution >= 0.6 is 0 Å². The van der Waals surface area contributed by atoms with Crippen LogP contribution in [0.25, 0.3) is 0 Å². The maximum atomic E-state index is 9.93. The Labute approximate surface area is 125 Å². The van der Waals surface area contributed by atoms with Crippen LogP contribution in [0.2, 0.25) is 0 Å². The Morgan fingerprint density at radius 1 is 1.33 bits per heavy atom. The van der Waals surface area contributed by atoms with E-state index in [1.165, 1.54) is 0 Å². The normalized spacial score (nSPS) is 12.5.